The summed E-state index contributed by atoms with van der Waals surface area (Å²) in [5.41, 5.74) is 3.32. The summed E-state index contributed by atoms with van der Waals surface area (Å²) in [5, 5.41) is 9.34. The van der Waals surface area contributed by atoms with Crippen molar-refractivity contribution in [2.75, 3.05) is 6.54 Å². The van der Waals surface area contributed by atoms with E-state index in [1.807, 2.05) is 30.3 Å². The van der Waals surface area contributed by atoms with Gasteiger partial charge in [0, 0.05) is 18.6 Å². The van der Waals surface area contributed by atoms with Crippen LogP contribution < -0.4 is 0 Å². The Kier molecular flexibility index (Phi) is 2.08. The predicted octanol–water partition coefficient (Wildman–Crippen LogP) is 2.44. The Morgan fingerprint density at radius 1 is 1.38 bits per heavy atom. The van der Waals surface area contributed by atoms with Crippen LogP contribution in [0.4, 0.5) is 0 Å². The summed E-state index contributed by atoms with van der Waals surface area (Å²) < 4.78 is 0. The minimum absolute atomic E-state index is 0.560. The molecule has 2 heteroatoms. The van der Waals surface area contributed by atoms with Gasteiger partial charge in [0.2, 0.25) is 0 Å². The van der Waals surface area contributed by atoms with Crippen LogP contribution in [0.3, 0.4) is 0 Å². The number of nitriles is 1. The normalized spacial score (nSPS) is 34.1. The number of fused-ring (bicyclic) bond motifs is 1. The zero-order chi connectivity index (χ0) is 11.1. The summed E-state index contributed by atoms with van der Waals surface area (Å²) in [6, 6.07) is 13.6. The van der Waals surface area contributed by atoms with E-state index in [0.29, 0.717) is 12.1 Å². The number of benzene rings is 1. The summed E-state index contributed by atoms with van der Waals surface area (Å²) in [4.78, 5) is 2.45. The SMILES string of the molecule is CC1C/C(=C(/C#N)c2ccccc2)C2CN12. The molecule has 1 aromatic rings. The number of hydrogen-bond acceptors (Lipinski definition) is 2. The van der Waals surface area contributed by atoms with Crippen LogP contribution in [0.15, 0.2) is 35.9 Å². The molecule has 0 N–H and O–H groups in total. The molecule has 0 radical (unpaired) electrons. The monoisotopic (exact) mass is 210 g/mol. The molecule has 0 spiro atoms. The van der Waals surface area contributed by atoms with Crippen molar-refractivity contribution in [1.29, 1.82) is 5.26 Å². The predicted molar refractivity (Wildman–Crippen MR) is 63.5 cm³/mol. The van der Waals surface area contributed by atoms with Crippen molar-refractivity contribution < 1.29 is 0 Å². The molecule has 1 aromatic carbocycles. The molecule has 0 bridgehead atoms. The molecular weight excluding hydrogens is 196 g/mol. The van der Waals surface area contributed by atoms with Crippen molar-refractivity contribution in [3.05, 3.63) is 41.5 Å². The topological polar surface area (TPSA) is 26.8 Å². The van der Waals surface area contributed by atoms with E-state index in [1.54, 1.807) is 0 Å². The molecule has 3 rings (SSSR count). The molecular formula is C14H14N2. The second-order valence-corrected chi connectivity index (χ2v) is 4.64. The molecule has 0 aliphatic carbocycles. The third-order valence-electron chi connectivity index (χ3n) is 3.63. The van der Waals surface area contributed by atoms with Crippen molar-refractivity contribution in [3.8, 4) is 6.07 Å². The van der Waals surface area contributed by atoms with Crippen LogP contribution in [-0.4, -0.2) is 23.5 Å². The van der Waals surface area contributed by atoms with E-state index in [4.69, 9.17) is 0 Å². The van der Waals surface area contributed by atoms with Gasteiger partial charge in [0.1, 0.15) is 0 Å². The highest BCUT2D eigenvalue weighted by Gasteiger charge is 2.48. The first-order valence-electron chi connectivity index (χ1n) is 5.75. The van der Waals surface area contributed by atoms with Gasteiger partial charge in [0.25, 0.3) is 0 Å². The second kappa shape index (κ2) is 3.47. The molecule has 3 unspecified atom stereocenters. The van der Waals surface area contributed by atoms with Gasteiger partial charge in [0.15, 0.2) is 0 Å². The van der Waals surface area contributed by atoms with Gasteiger partial charge in [0.05, 0.1) is 11.6 Å². The fourth-order valence-corrected chi connectivity index (χ4v) is 2.72. The third kappa shape index (κ3) is 1.36. The van der Waals surface area contributed by atoms with E-state index in [2.05, 4.69) is 17.9 Å². The highest BCUT2D eigenvalue weighted by molar-refractivity contribution is 5.81. The summed E-state index contributed by atoms with van der Waals surface area (Å²) >= 11 is 0. The third-order valence-corrected chi connectivity index (χ3v) is 3.63. The number of rotatable bonds is 1. The quantitative estimate of drug-likeness (QED) is 0.526. The van der Waals surface area contributed by atoms with Crippen LogP contribution in [-0.2, 0) is 0 Å². The molecule has 2 saturated heterocycles. The maximum Gasteiger partial charge on any atom is 0.0998 e. The molecule has 0 aromatic heterocycles. The summed E-state index contributed by atoms with van der Waals surface area (Å²) in [5.74, 6) is 0. The molecule has 2 fully saturated rings. The van der Waals surface area contributed by atoms with Crippen LogP contribution >= 0.6 is 0 Å². The lowest BCUT2D eigenvalue weighted by molar-refractivity contribution is 0.457. The number of piperidine rings is 1. The first kappa shape index (κ1) is 9.62. The van der Waals surface area contributed by atoms with Gasteiger partial charge in [-0.3, -0.25) is 4.90 Å². The standard InChI is InChI=1S/C14H14N2/c1-10-7-12(14-9-16(10)14)13(8-15)11-5-3-2-4-6-11/h2-6,10,14H,7,9H2,1H3/b13-12+. The van der Waals surface area contributed by atoms with Crippen LogP contribution in [0.1, 0.15) is 18.9 Å². The molecule has 2 nitrogen and oxygen atoms in total. The molecule has 0 amide bonds. The van der Waals surface area contributed by atoms with E-state index >= 15 is 0 Å². The Hall–Kier alpha value is -1.59. The zero-order valence-corrected chi connectivity index (χ0v) is 9.35. The van der Waals surface area contributed by atoms with E-state index in [9.17, 15) is 5.26 Å². The van der Waals surface area contributed by atoms with Crippen molar-refractivity contribution in [1.82, 2.24) is 4.90 Å². The van der Waals surface area contributed by atoms with Crippen LogP contribution in [0, 0.1) is 11.3 Å². The highest BCUT2D eigenvalue weighted by Crippen LogP contribution is 2.43. The lowest BCUT2D eigenvalue weighted by Crippen LogP contribution is -2.08. The fourth-order valence-electron chi connectivity index (χ4n) is 2.72. The van der Waals surface area contributed by atoms with E-state index in [1.165, 1.54) is 5.57 Å². The fraction of sp³-hybridized carbons (Fsp3) is 0.357. The average molecular weight is 210 g/mol. The van der Waals surface area contributed by atoms with Crippen LogP contribution in [0.25, 0.3) is 5.57 Å². The van der Waals surface area contributed by atoms with Gasteiger partial charge in [-0.05, 0) is 24.5 Å². The lowest BCUT2D eigenvalue weighted by atomic mass is 9.96. The molecule has 2 heterocycles. The first-order chi connectivity index (χ1) is 7.81. The van der Waals surface area contributed by atoms with Crippen molar-refractivity contribution >= 4 is 5.57 Å². The molecule has 2 aliphatic rings. The Morgan fingerprint density at radius 2 is 2.12 bits per heavy atom. The first-order valence-corrected chi connectivity index (χ1v) is 5.75. The minimum Gasteiger partial charge on any atom is -0.290 e. The smallest absolute Gasteiger partial charge is 0.0998 e. The average Bonchev–Trinajstić information content (AvgIpc) is 3.04. The molecule has 16 heavy (non-hydrogen) atoms. The van der Waals surface area contributed by atoms with Gasteiger partial charge in [-0.15, -0.1) is 0 Å². The maximum absolute atomic E-state index is 9.34. The van der Waals surface area contributed by atoms with Crippen molar-refractivity contribution in [3.63, 3.8) is 0 Å². The minimum atomic E-state index is 0.560. The Balaban J connectivity index is 2.04. The number of hydrogen-bond donors (Lipinski definition) is 0. The number of nitrogens with zero attached hydrogens (tertiary/aromatic N) is 2. The lowest BCUT2D eigenvalue weighted by Gasteiger charge is -2.07. The van der Waals surface area contributed by atoms with Crippen LogP contribution in [0.2, 0.25) is 0 Å². The van der Waals surface area contributed by atoms with Gasteiger partial charge < -0.3 is 0 Å². The van der Waals surface area contributed by atoms with Crippen molar-refractivity contribution in [2.24, 2.45) is 0 Å². The Labute approximate surface area is 95.8 Å². The van der Waals surface area contributed by atoms with E-state index in [0.717, 1.165) is 24.1 Å². The van der Waals surface area contributed by atoms with Crippen molar-refractivity contribution in [2.45, 2.75) is 25.4 Å². The van der Waals surface area contributed by atoms with Gasteiger partial charge in [-0.1, -0.05) is 30.3 Å². The Bertz CT molecular complexity index is 481. The molecule has 0 saturated carbocycles. The van der Waals surface area contributed by atoms with Crippen LogP contribution in [0.5, 0.6) is 0 Å². The largest absolute Gasteiger partial charge is 0.290 e. The summed E-state index contributed by atoms with van der Waals surface area (Å²) in [7, 11) is 0. The van der Waals surface area contributed by atoms with Gasteiger partial charge >= 0.3 is 0 Å². The van der Waals surface area contributed by atoms with E-state index < -0.39 is 0 Å². The summed E-state index contributed by atoms with van der Waals surface area (Å²) in [6.45, 7) is 3.39. The second-order valence-electron chi connectivity index (χ2n) is 4.64. The summed E-state index contributed by atoms with van der Waals surface area (Å²) in [6.07, 6.45) is 1.06. The Morgan fingerprint density at radius 3 is 2.62 bits per heavy atom. The zero-order valence-electron chi connectivity index (χ0n) is 9.35. The van der Waals surface area contributed by atoms with Gasteiger partial charge in [-0.2, -0.15) is 5.26 Å². The highest BCUT2D eigenvalue weighted by atomic mass is 15.3. The molecule has 2 aliphatic heterocycles. The molecule has 80 valence electrons. The maximum atomic E-state index is 9.34. The number of allylic oxidation sites excluding steroid dienone is 1. The van der Waals surface area contributed by atoms with Gasteiger partial charge in [-0.25, -0.2) is 0 Å². The molecule has 3 atom stereocenters. The van der Waals surface area contributed by atoms with E-state index in [-0.39, 0.29) is 0 Å².